The quantitative estimate of drug-likeness (QED) is 0.561. The van der Waals surface area contributed by atoms with Gasteiger partial charge in [-0.1, -0.05) is 43.9 Å². The van der Waals surface area contributed by atoms with Crippen LogP contribution in [0, 0.1) is 0 Å². The summed E-state index contributed by atoms with van der Waals surface area (Å²) in [5, 5.41) is 20.5. The van der Waals surface area contributed by atoms with Gasteiger partial charge in [-0.15, -0.1) is 0 Å². The van der Waals surface area contributed by atoms with Gasteiger partial charge in [-0.3, -0.25) is 0 Å². The Kier molecular flexibility index (Phi) is 15.2. The first-order valence-corrected chi connectivity index (χ1v) is 6.37. The predicted molar refractivity (Wildman–Crippen MR) is 73.7 cm³/mol. The number of carbonyl (C=O) groups excluding carboxylic acids is 2. The van der Waals surface area contributed by atoms with Gasteiger partial charge in [0.25, 0.3) is 0 Å². The Balaban J connectivity index is -0.000000325. The minimum Gasteiger partial charge on any atom is -0.870 e. The van der Waals surface area contributed by atoms with Crippen molar-refractivity contribution >= 4 is 11.9 Å². The van der Waals surface area contributed by atoms with E-state index in [9.17, 15) is 19.8 Å². The summed E-state index contributed by atoms with van der Waals surface area (Å²) in [6.07, 6.45) is 4.25. The monoisotopic (exact) mass is 505 g/mol. The van der Waals surface area contributed by atoms with Gasteiger partial charge in [-0.25, -0.2) is 0 Å². The van der Waals surface area contributed by atoms with Gasteiger partial charge in [0, 0.05) is 0 Å². The van der Waals surface area contributed by atoms with E-state index in [1.54, 1.807) is 0 Å². The van der Waals surface area contributed by atoms with E-state index in [4.69, 9.17) is 11.5 Å². The van der Waals surface area contributed by atoms with Crippen LogP contribution in [0.4, 0.5) is 0 Å². The van der Waals surface area contributed by atoms with Crippen LogP contribution in [0.3, 0.4) is 0 Å². The molecule has 2 unspecified atom stereocenters. The third kappa shape index (κ3) is 9.42. The van der Waals surface area contributed by atoms with Crippen LogP contribution < -0.4 is 10.2 Å². The maximum absolute atomic E-state index is 10.3. The zero-order valence-electron chi connectivity index (χ0n) is 12.1. The summed E-state index contributed by atoms with van der Waals surface area (Å²) in [7, 11) is 0. The van der Waals surface area contributed by atoms with Crippen LogP contribution in [0.25, 0.3) is 11.5 Å². The maximum Gasteiger partial charge on any atom is 4.00 e. The SMILES string of the molecule is O=C([O-])c1cccc(C(=O)[O-])c1.[NH-]C1CCCCC1[NH-].[OH-].[OH-].[Pt+4]. The third-order valence-corrected chi connectivity index (χ3v) is 3.10. The average Bonchev–Trinajstić information content (AvgIpc) is 2.43. The molecule has 0 spiro atoms. The van der Waals surface area contributed by atoms with Gasteiger partial charge < -0.3 is 42.2 Å². The minimum atomic E-state index is -1.40. The van der Waals surface area contributed by atoms with Gasteiger partial charge in [0.1, 0.15) is 0 Å². The molecule has 1 saturated carbocycles. The van der Waals surface area contributed by atoms with E-state index in [1.807, 2.05) is 0 Å². The molecular formula is C14H18N2O6Pt-2. The molecule has 0 saturated heterocycles. The van der Waals surface area contributed by atoms with Crippen molar-refractivity contribution in [2.75, 3.05) is 0 Å². The molecule has 1 aromatic rings. The second kappa shape index (κ2) is 13.2. The van der Waals surface area contributed by atoms with Crippen LogP contribution in [0.1, 0.15) is 46.4 Å². The fraction of sp³-hybridized carbons (Fsp3) is 0.429. The molecule has 0 radical (unpaired) electrons. The van der Waals surface area contributed by atoms with Crippen molar-refractivity contribution in [3.8, 4) is 0 Å². The van der Waals surface area contributed by atoms with Crippen LogP contribution >= 0.6 is 0 Å². The molecule has 1 aliphatic carbocycles. The van der Waals surface area contributed by atoms with Crippen molar-refractivity contribution in [3.05, 3.63) is 46.9 Å². The van der Waals surface area contributed by atoms with Crippen LogP contribution in [0.5, 0.6) is 0 Å². The van der Waals surface area contributed by atoms with E-state index in [0.29, 0.717) is 0 Å². The summed E-state index contributed by atoms with van der Waals surface area (Å²) in [4.78, 5) is 20.5. The number of aromatic carboxylic acids is 2. The van der Waals surface area contributed by atoms with Gasteiger partial charge in [0.05, 0.1) is 11.9 Å². The van der Waals surface area contributed by atoms with Crippen LogP contribution in [0.15, 0.2) is 24.3 Å². The van der Waals surface area contributed by atoms with E-state index in [1.165, 1.54) is 31.0 Å². The first-order chi connectivity index (χ1) is 9.41. The predicted octanol–water partition coefficient (Wildman–Crippen LogP) is 0.459. The number of carboxylic acids is 2. The van der Waals surface area contributed by atoms with E-state index < -0.39 is 11.9 Å². The van der Waals surface area contributed by atoms with Gasteiger partial charge in [0.15, 0.2) is 0 Å². The summed E-state index contributed by atoms with van der Waals surface area (Å²) < 4.78 is 0. The van der Waals surface area contributed by atoms with E-state index in [0.717, 1.165) is 18.9 Å². The molecule has 132 valence electrons. The first-order valence-electron chi connectivity index (χ1n) is 6.37. The fourth-order valence-corrected chi connectivity index (χ4v) is 1.90. The molecule has 0 amide bonds. The minimum absolute atomic E-state index is 0. The molecule has 1 aromatic carbocycles. The number of benzene rings is 1. The molecular weight excluding hydrogens is 487 g/mol. The van der Waals surface area contributed by atoms with Crippen molar-refractivity contribution < 1.29 is 51.8 Å². The molecule has 9 heteroatoms. The molecule has 2 atom stereocenters. The van der Waals surface area contributed by atoms with Crippen molar-refractivity contribution in [1.82, 2.24) is 0 Å². The zero-order valence-corrected chi connectivity index (χ0v) is 14.4. The molecule has 0 bridgehead atoms. The second-order valence-corrected chi connectivity index (χ2v) is 4.65. The molecule has 0 aromatic heterocycles. The number of hydrogen-bond acceptors (Lipinski definition) is 6. The largest absolute Gasteiger partial charge is 4.00 e. The first kappa shape index (κ1) is 26.6. The second-order valence-electron chi connectivity index (χ2n) is 4.65. The number of nitrogens with one attached hydrogen (secondary N) is 2. The van der Waals surface area contributed by atoms with Crippen molar-refractivity contribution in [1.29, 1.82) is 0 Å². The summed E-state index contributed by atoms with van der Waals surface area (Å²) >= 11 is 0. The van der Waals surface area contributed by atoms with Crippen molar-refractivity contribution in [2.45, 2.75) is 37.8 Å². The molecule has 1 fully saturated rings. The Morgan fingerprint density at radius 1 is 0.913 bits per heavy atom. The number of rotatable bonds is 2. The van der Waals surface area contributed by atoms with E-state index in [2.05, 4.69) is 0 Å². The van der Waals surface area contributed by atoms with E-state index in [-0.39, 0.29) is 55.2 Å². The number of hydrogen-bond donors (Lipinski definition) is 0. The Hall–Kier alpha value is -1.31. The standard InChI is InChI=1S/C8H6O4.C6H12N2.2H2O.Pt/c9-7(10)5-2-1-3-6(4-5)8(11)12;7-5-3-1-2-4-6(5)8;;;/h1-4H,(H,9,10)(H,11,12);5-8H,1-4H2;2*1H2;/q;-2;;;+4/p-4. The Morgan fingerprint density at radius 2 is 1.26 bits per heavy atom. The number of carboxylic acid groups (broad SMARTS) is 2. The topological polar surface area (TPSA) is 188 Å². The molecule has 4 N–H and O–H groups in total. The number of carbonyl (C=O) groups is 2. The molecule has 1 aliphatic rings. The summed E-state index contributed by atoms with van der Waals surface area (Å²) in [5.74, 6) is -2.81. The van der Waals surface area contributed by atoms with Gasteiger partial charge >= 0.3 is 21.1 Å². The maximum atomic E-state index is 10.3. The van der Waals surface area contributed by atoms with Crippen LogP contribution in [0.2, 0.25) is 0 Å². The summed E-state index contributed by atoms with van der Waals surface area (Å²) in [6, 6.07) is 4.65. The fourth-order valence-electron chi connectivity index (χ4n) is 1.90. The molecule has 0 aliphatic heterocycles. The third-order valence-electron chi connectivity index (χ3n) is 3.10. The van der Waals surface area contributed by atoms with Crippen molar-refractivity contribution in [2.24, 2.45) is 0 Å². The Morgan fingerprint density at radius 3 is 1.52 bits per heavy atom. The van der Waals surface area contributed by atoms with Gasteiger partial charge in [-0.2, -0.15) is 12.1 Å². The summed E-state index contributed by atoms with van der Waals surface area (Å²) in [6.45, 7) is 0. The molecule has 23 heavy (non-hydrogen) atoms. The van der Waals surface area contributed by atoms with Crippen molar-refractivity contribution in [3.63, 3.8) is 0 Å². The normalized spacial score (nSPS) is 18.7. The smallest absolute Gasteiger partial charge is 0.870 e. The van der Waals surface area contributed by atoms with E-state index >= 15 is 0 Å². The van der Waals surface area contributed by atoms with Gasteiger partial charge in [-0.05, 0) is 17.2 Å². The zero-order chi connectivity index (χ0) is 15.1. The molecule has 2 rings (SSSR count). The Labute approximate surface area is 148 Å². The molecule has 8 nitrogen and oxygen atoms in total. The van der Waals surface area contributed by atoms with Crippen LogP contribution in [-0.2, 0) is 21.1 Å². The van der Waals surface area contributed by atoms with Crippen LogP contribution in [-0.4, -0.2) is 35.0 Å². The summed E-state index contributed by atoms with van der Waals surface area (Å²) in [5.41, 5.74) is 14.2. The Bertz CT molecular complexity index is 447. The average molecular weight is 505 g/mol. The van der Waals surface area contributed by atoms with Gasteiger partial charge in [0.2, 0.25) is 0 Å². The molecule has 0 heterocycles.